The Morgan fingerprint density at radius 1 is 0.191 bits per heavy atom. The van der Waals surface area contributed by atoms with Gasteiger partial charge in [0.15, 0.2) is 23.0 Å². The van der Waals surface area contributed by atoms with Crippen LogP contribution in [0.15, 0.2) is 453 Å². The minimum absolute atomic E-state index is 0.811. The first-order valence-corrected chi connectivity index (χ1v) is 49.1. The van der Waals surface area contributed by atoms with Crippen molar-refractivity contribution in [3.05, 3.63) is 449 Å². The second-order valence-electron chi connectivity index (χ2n) is 36.2. The van der Waals surface area contributed by atoms with Crippen LogP contribution in [0.5, 0.6) is 0 Å². The molecular formula is C126H74N12OS2. The van der Waals surface area contributed by atoms with Crippen LogP contribution in [0.2, 0.25) is 0 Å². The van der Waals surface area contributed by atoms with Crippen LogP contribution in [-0.4, -0.2) is 57.3 Å². The summed E-state index contributed by atoms with van der Waals surface area (Å²) in [7, 11) is 0. The van der Waals surface area contributed by atoms with Gasteiger partial charge in [-0.3, -0.25) is 18.7 Å². The molecule has 0 atom stereocenters. The average molecular weight is 1840 g/mol. The molecule has 0 fully saturated rings. The molecular weight excluding hydrogens is 1760 g/mol. The molecule has 0 spiro atoms. The van der Waals surface area contributed by atoms with Gasteiger partial charge in [-0.2, -0.15) is 0 Å². The van der Waals surface area contributed by atoms with Gasteiger partial charge in [-0.25, -0.2) is 24.9 Å². The second kappa shape index (κ2) is 31.0. The number of rotatable bonds is 8. The van der Waals surface area contributed by atoms with Crippen LogP contribution in [0.1, 0.15) is 0 Å². The van der Waals surface area contributed by atoms with E-state index in [1.807, 2.05) is 120 Å². The largest absolute Gasteiger partial charge is 0.454 e. The summed E-state index contributed by atoms with van der Waals surface area (Å²) in [6.45, 7) is 0. The predicted octanol–water partition coefficient (Wildman–Crippen LogP) is 33.4. The SMILES string of the molecule is c1ccc(-c2nc3ccccc3nc2-n2c3ccccc3c3cc4c(cc32)c2ccccc2n4-c2cccc3c2oc2ccccc23)cc1.c1ccc(-c2nc3ccccc3nc2-n2c3ccccc3c3cc4c(cc32)c2ccccc2n4-c2cccc3c2sc2ccccc23)cc1.c1ccc2nc(-n3c4ccccc4c4cc5c(cc43)c3ccccc3n5-c3cccc4c3sc3ccccc34)cnc2c1. The normalized spacial score (nSPS) is 12.1. The molecule has 0 unspecified atom stereocenters. The summed E-state index contributed by atoms with van der Waals surface area (Å²) in [5, 5.41) is 21.8. The van der Waals surface area contributed by atoms with Gasteiger partial charge in [-0.05, 0) is 146 Å². The highest BCUT2D eigenvalue weighted by atomic mass is 32.1. The van der Waals surface area contributed by atoms with Crippen LogP contribution < -0.4 is 0 Å². The summed E-state index contributed by atoms with van der Waals surface area (Å²) in [6, 6.07) is 157. The molecule has 12 aromatic heterocycles. The van der Waals surface area contributed by atoms with Crippen LogP contribution in [0.25, 0.3) is 283 Å². The van der Waals surface area contributed by atoms with Crippen molar-refractivity contribution in [3.8, 4) is 57.0 Å². The molecule has 0 saturated heterocycles. The third kappa shape index (κ3) is 12.0. The second-order valence-corrected chi connectivity index (χ2v) is 38.4. The van der Waals surface area contributed by atoms with Gasteiger partial charge in [0, 0.05) is 117 Å². The first-order valence-electron chi connectivity index (χ1n) is 47.5. The Morgan fingerprint density at radius 3 is 0.901 bits per heavy atom. The highest BCUT2D eigenvalue weighted by Gasteiger charge is 2.29. The number of para-hydroxylation sites is 14. The van der Waals surface area contributed by atoms with Gasteiger partial charge < -0.3 is 18.1 Å². The van der Waals surface area contributed by atoms with Crippen molar-refractivity contribution in [2.24, 2.45) is 0 Å². The van der Waals surface area contributed by atoms with Crippen molar-refractivity contribution in [2.75, 3.05) is 0 Å². The van der Waals surface area contributed by atoms with E-state index in [-0.39, 0.29) is 0 Å². The Balaban J connectivity index is 0.0000000994. The van der Waals surface area contributed by atoms with E-state index in [0.29, 0.717) is 0 Å². The fourth-order valence-corrected chi connectivity index (χ4v) is 24.8. The number of hydrogen-bond acceptors (Lipinski definition) is 9. The van der Waals surface area contributed by atoms with E-state index in [1.165, 1.54) is 122 Å². The molecule has 0 aliphatic rings. The van der Waals surface area contributed by atoms with Crippen molar-refractivity contribution in [2.45, 2.75) is 0 Å². The molecule has 13 nitrogen and oxygen atoms in total. The molecule has 0 N–H and O–H groups in total. The third-order valence-corrected chi connectivity index (χ3v) is 31.0. The van der Waals surface area contributed by atoms with Crippen molar-refractivity contribution in [3.63, 3.8) is 0 Å². The number of fused-ring (bicyclic) bond motifs is 30. The first kappa shape index (κ1) is 78.8. The molecule has 0 radical (unpaired) electrons. The zero-order chi connectivity index (χ0) is 92.2. The van der Waals surface area contributed by atoms with Gasteiger partial charge in [0.05, 0.1) is 132 Å². The Kier molecular flexibility index (Phi) is 17.3. The molecule has 0 amide bonds. The minimum atomic E-state index is 0.811. The topological polar surface area (TPSA) is 120 Å². The van der Waals surface area contributed by atoms with Gasteiger partial charge >= 0.3 is 0 Å². The summed E-state index contributed by atoms with van der Waals surface area (Å²) in [6.07, 6.45) is 1.89. The fraction of sp³-hybridized carbons (Fsp3) is 0. The number of furan rings is 1. The summed E-state index contributed by atoms with van der Waals surface area (Å²) in [5.41, 5.74) is 27.9. The standard InChI is InChI=1S/C44H26N4O.C44H26N4S.C38H22N4S/c2*1-2-13-27(14-3-1)42-44(46-35-20-8-7-19-34(35)45-42)48-37-22-10-5-16-29(37)33-25-39-32(26-40(33)48)28-15-4-9-21-36(28)47(39)38-23-12-18-31-30-17-6-11-24-41(30)49-43(31)38;1-6-16-31-23(10-1)27-21-35-28(20-34(27)41(31)33-18-9-13-26-25-12-3-8-19-36(25)43-38(26)33)24-11-2-7-17-32(24)42(35)37-22-39-29-14-4-5-15-30(29)40-37/h2*1-26H;1-22H. The van der Waals surface area contributed by atoms with Crippen LogP contribution in [0.4, 0.5) is 0 Å². The Bertz CT molecular complexity index is 10500. The van der Waals surface area contributed by atoms with Crippen molar-refractivity contribution >= 4 is 249 Å². The van der Waals surface area contributed by atoms with Crippen LogP contribution in [0, 0.1) is 0 Å². The number of hydrogen-bond donors (Lipinski definition) is 0. The van der Waals surface area contributed by atoms with Crippen molar-refractivity contribution < 1.29 is 4.42 Å². The van der Waals surface area contributed by atoms with E-state index in [9.17, 15) is 0 Å². The van der Waals surface area contributed by atoms with E-state index in [4.69, 9.17) is 34.3 Å². The summed E-state index contributed by atoms with van der Waals surface area (Å²) in [5.74, 6) is 2.46. The zero-order valence-electron chi connectivity index (χ0n) is 75.3. The Labute approximate surface area is 810 Å². The van der Waals surface area contributed by atoms with E-state index < -0.39 is 0 Å². The average Bonchev–Trinajstić information content (AvgIpc) is 1.57. The Hall–Kier alpha value is -18.5. The van der Waals surface area contributed by atoms with E-state index in [2.05, 4.69) is 379 Å². The van der Waals surface area contributed by atoms with E-state index in [1.54, 1.807) is 0 Å². The van der Waals surface area contributed by atoms with Gasteiger partial charge in [0.2, 0.25) is 0 Å². The molecule has 656 valence electrons. The Morgan fingerprint density at radius 2 is 0.482 bits per heavy atom. The highest BCUT2D eigenvalue weighted by Crippen LogP contribution is 2.50. The molecule has 32 rings (SSSR count). The molecule has 0 saturated carbocycles. The van der Waals surface area contributed by atoms with E-state index >= 15 is 0 Å². The number of benzene rings is 20. The number of nitrogens with zero attached hydrogens (tertiary/aromatic N) is 12. The van der Waals surface area contributed by atoms with Crippen LogP contribution in [-0.2, 0) is 0 Å². The molecule has 32 aromatic rings. The summed E-state index contributed by atoms with van der Waals surface area (Å²) < 4.78 is 26.0. The maximum absolute atomic E-state index is 6.58. The maximum Gasteiger partial charge on any atom is 0.165 e. The number of thiophene rings is 2. The number of aromatic nitrogens is 12. The lowest BCUT2D eigenvalue weighted by molar-refractivity contribution is 0.666. The lowest BCUT2D eigenvalue weighted by atomic mass is 10.1. The van der Waals surface area contributed by atoms with Gasteiger partial charge in [0.25, 0.3) is 0 Å². The van der Waals surface area contributed by atoms with Gasteiger partial charge in [-0.15, -0.1) is 22.7 Å². The fourth-order valence-electron chi connectivity index (χ4n) is 22.4. The van der Waals surface area contributed by atoms with E-state index in [0.717, 1.165) is 161 Å². The molecule has 12 heterocycles. The smallest absolute Gasteiger partial charge is 0.165 e. The molecule has 20 aromatic carbocycles. The van der Waals surface area contributed by atoms with Crippen LogP contribution >= 0.6 is 22.7 Å². The first-order chi connectivity index (χ1) is 70.0. The van der Waals surface area contributed by atoms with Crippen LogP contribution in [0.3, 0.4) is 0 Å². The van der Waals surface area contributed by atoms with Gasteiger partial charge in [-0.1, -0.05) is 297 Å². The van der Waals surface area contributed by atoms with Crippen molar-refractivity contribution in [1.82, 2.24) is 57.3 Å². The molecule has 141 heavy (non-hydrogen) atoms. The third-order valence-electron chi connectivity index (χ3n) is 28.6. The monoisotopic (exact) mass is 1830 g/mol. The predicted molar refractivity (Wildman–Crippen MR) is 589 cm³/mol. The summed E-state index contributed by atoms with van der Waals surface area (Å²) in [4.78, 5) is 31.0. The van der Waals surface area contributed by atoms with Crippen molar-refractivity contribution in [1.29, 1.82) is 0 Å². The maximum atomic E-state index is 6.58. The molecule has 15 heteroatoms. The quantitative estimate of drug-likeness (QED) is 0.149. The summed E-state index contributed by atoms with van der Waals surface area (Å²) >= 11 is 3.74. The molecule has 0 bridgehead atoms. The lowest BCUT2D eigenvalue weighted by Gasteiger charge is -2.14. The van der Waals surface area contributed by atoms with Gasteiger partial charge in [0.1, 0.15) is 17.0 Å². The zero-order valence-corrected chi connectivity index (χ0v) is 76.9. The highest BCUT2D eigenvalue weighted by molar-refractivity contribution is 7.26. The molecule has 0 aliphatic carbocycles. The minimum Gasteiger partial charge on any atom is -0.454 e. The molecule has 0 aliphatic heterocycles. The lowest BCUT2D eigenvalue weighted by Crippen LogP contribution is -2.03.